The number of carboxylic acids is 1. The highest BCUT2D eigenvalue weighted by Gasteiger charge is 2.49. The number of carbonyl (C=O) groups excluding carboxylic acids is 1. The minimum absolute atomic E-state index is 0.0244. The van der Waals surface area contributed by atoms with Gasteiger partial charge in [0.05, 0.1) is 5.92 Å². The molecule has 1 heterocycles. The first-order chi connectivity index (χ1) is 6.20. The molecule has 4 nitrogen and oxygen atoms in total. The Morgan fingerprint density at radius 1 is 1.54 bits per heavy atom. The first kappa shape index (κ1) is 8.53. The van der Waals surface area contributed by atoms with Crippen LogP contribution < -0.4 is 5.32 Å². The van der Waals surface area contributed by atoms with Crippen LogP contribution in [0, 0.1) is 17.8 Å². The van der Waals surface area contributed by atoms with Crippen molar-refractivity contribution in [2.45, 2.75) is 19.3 Å². The highest BCUT2D eigenvalue weighted by molar-refractivity contribution is 5.83. The van der Waals surface area contributed by atoms with Crippen LogP contribution in [0.4, 0.5) is 0 Å². The predicted molar refractivity (Wildman–Crippen MR) is 45.0 cm³/mol. The van der Waals surface area contributed by atoms with E-state index in [1.807, 2.05) is 0 Å². The Labute approximate surface area is 76.3 Å². The molecule has 2 aliphatic rings. The third-order valence-corrected chi connectivity index (χ3v) is 3.21. The van der Waals surface area contributed by atoms with E-state index in [0.717, 1.165) is 12.8 Å². The van der Waals surface area contributed by atoms with Gasteiger partial charge in [-0.25, -0.2) is 0 Å². The third kappa shape index (κ3) is 1.30. The van der Waals surface area contributed by atoms with Crippen LogP contribution in [0.25, 0.3) is 0 Å². The van der Waals surface area contributed by atoms with E-state index in [4.69, 9.17) is 5.11 Å². The number of hydrogen-bond donors (Lipinski definition) is 2. The Bertz CT molecular complexity index is 251. The number of aliphatic carboxylic acids is 1. The van der Waals surface area contributed by atoms with E-state index < -0.39 is 5.97 Å². The third-order valence-electron chi connectivity index (χ3n) is 3.21. The molecule has 13 heavy (non-hydrogen) atoms. The maximum absolute atomic E-state index is 11.3. The summed E-state index contributed by atoms with van der Waals surface area (Å²) in [6.45, 7) is 0.707. The molecule has 0 aromatic rings. The second kappa shape index (κ2) is 3.01. The summed E-state index contributed by atoms with van der Waals surface area (Å²) >= 11 is 0. The minimum Gasteiger partial charge on any atom is -0.481 e. The summed E-state index contributed by atoms with van der Waals surface area (Å²) in [5, 5.41) is 11.6. The molecule has 2 fully saturated rings. The molecule has 2 rings (SSSR count). The van der Waals surface area contributed by atoms with Gasteiger partial charge in [-0.1, -0.05) is 0 Å². The number of carboxylic acid groups (broad SMARTS) is 1. The second-order valence-electron chi connectivity index (χ2n) is 3.88. The molecular weight excluding hydrogens is 170 g/mol. The fraction of sp³-hybridized carbons (Fsp3) is 0.778. The molecule has 1 saturated heterocycles. The lowest BCUT2D eigenvalue weighted by Crippen LogP contribution is -2.47. The summed E-state index contributed by atoms with van der Waals surface area (Å²) in [5.41, 5.74) is 0. The van der Waals surface area contributed by atoms with Gasteiger partial charge in [-0.05, 0) is 25.2 Å². The topological polar surface area (TPSA) is 66.4 Å². The zero-order valence-electron chi connectivity index (χ0n) is 7.32. The average Bonchev–Trinajstić information content (AvgIpc) is 2.11. The summed E-state index contributed by atoms with van der Waals surface area (Å²) in [6, 6.07) is 0. The summed E-state index contributed by atoms with van der Waals surface area (Å²) < 4.78 is 0. The molecule has 4 heteroatoms. The first-order valence-corrected chi connectivity index (χ1v) is 4.70. The Morgan fingerprint density at radius 2 is 2.31 bits per heavy atom. The van der Waals surface area contributed by atoms with Crippen molar-refractivity contribution >= 4 is 11.9 Å². The second-order valence-corrected chi connectivity index (χ2v) is 3.88. The molecule has 0 aromatic heterocycles. The number of amides is 1. The van der Waals surface area contributed by atoms with Crippen LogP contribution in [0.3, 0.4) is 0 Å². The van der Waals surface area contributed by atoms with Crippen molar-refractivity contribution in [1.29, 1.82) is 0 Å². The molecule has 1 aliphatic heterocycles. The Balaban J connectivity index is 2.06. The van der Waals surface area contributed by atoms with Crippen molar-refractivity contribution in [2.75, 3.05) is 6.54 Å². The van der Waals surface area contributed by atoms with E-state index in [-0.39, 0.29) is 23.7 Å². The number of rotatable bonds is 1. The molecule has 1 saturated carbocycles. The summed E-state index contributed by atoms with van der Waals surface area (Å²) in [5.74, 6) is -0.881. The lowest BCUT2D eigenvalue weighted by atomic mass is 9.63. The fourth-order valence-corrected chi connectivity index (χ4v) is 2.38. The fourth-order valence-electron chi connectivity index (χ4n) is 2.38. The van der Waals surface area contributed by atoms with Gasteiger partial charge in [0, 0.05) is 12.5 Å². The standard InChI is InChI=1S/C9H13NO3/c11-8-6-4-7(9(12)13)5(6)2-1-3-10-8/h5-7H,1-4H2,(H,10,11)(H,12,13). The molecule has 3 unspecified atom stereocenters. The number of hydrogen-bond acceptors (Lipinski definition) is 2. The molecule has 0 radical (unpaired) electrons. The van der Waals surface area contributed by atoms with Gasteiger partial charge < -0.3 is 10.4 Å². The van der Waals surface area contributed by atoms with Crippen LogP contribution in [0.1, 0.15) is 19.3 Å². The van der Waals surface area contributed by atoms with Crippen molar-refractivity contribution in [2.24, 2.45) is 17.8 Å². The van der Waals surface area contributed by atoms with Crippen molar-refractivity contribution in [3.63, 3.8) is 0 Å². The van der Waals surface area contributed by atoms with E-state index in [1.165, 1.54) is 0 Å². The van der Waals surface area contributed by atoms with E-state index in [2.05, 4.69) is 5.32 Å². The molecule has 0 aromatic carbocycles. The lowest BCUT2D eigenvalue weighted by molar-refractivity contribution is -0.154. The van der Waals surface area contributed by atoms with Crippen LogP contribution >= 0.6 is 0 Å². The van der Waals surface area contributed by atoms with Crippen LogP contribution in [0.2, 0.25) is 0 Å². The average molecular weight is 183 g/mol. The zero-order chi connectivity index (χ0) is 9.42. The summed E-state index contributed by atoms with van der Waals surface area (Å²) in [4.78, 5) is 22.1. The Morgan fingerprint density at radius 3 is 3.00 bits per heavy atom. The van der Waals surface area contributed by atoms with Gasteiger partial charge in [-0.15, -0.1) is 0 Å². The van der Waals surface area contributed by atoms with Crippen LogP contribution in [0.15, 0.2) is 0 Å². The molecule has 72 valence electrons. The highest BCUT2D eigenvalue weighted by atomic mass is 16.4. The molecule has 2 N–H and O–H groups in total. The largest absolute Gasteiger partial charge is 0.481 e. The van der Waals surface area contributed by atoms with Crippen LogP contribution in [-0.2, 0) is 9.59 Å². The van der Waals surface area contributed by atoms with Crippen LogP contribution in [0.5, 0.6) is 0 Å². The predicted octanol–water partition coefficient (Wildman–Crippen LogP) is 0.233. The number of carbonyl (C=O) groups is 2. The Kier molecular flexibility index (Phi) is 1.98. The van der Waals surface area contributed by atoms with Gasteiger partial charge in [-0.2, -0.15) is 0 Å². The summed E-state index contributed by atoms with van der Waals surface area (Å²) in [7, 11) is 0. The van der Waals surface area contributed by atoms with Crippen LogP contribution in [-0.4, -0.2) is 23.5 Å². The van der Waals surface area contributed by atoms with Gasteiger partial charge in [0.15, 0.2) is 0 Å². The first-order valence-electron chi connectivity index (χ1n) is 4.70. The molecule has 0 bridgehead atoms. The van der Waals surface area contributed by atoms with E-state index in [0.29, 0.717) is 13.0 Å². The molecule has 1 amide bonds. The maximum atomic E-state index is 11.3. The number of nitrogens with one attached hydrogen (secondary N) is 1. The van der Waals surface area contributed by atoms with Gasteiger partial charge in [0.1, 0.15) is 0 Å². The van der Waals surface area contributed by atoms with Crippen molar-refractivity contribution in [1.82, 2.24) is 5.32 Å². The molecule has 3 atom stereocenters. The lowest BCUT2D eigenvalue weighted by Gasteiger charge is -2.39. The zero-order valence-corrected chi connectivity index (χ0v) is 7.32. The summed E-state index contributed by atoms with van der Waals surface area (Å²) in [6.07, 6.45) is 2.32. The van der Waals surface area contributed by atoms with Gasteiger partial charge in [-0.3, -0.25) is 9.59 Å². The van der Waals surface area contributed by atoms with Crippen molar-refractivity contribution in [3.8, 4) is 0 Å². The monoisotopic (exact) mass is 183 g/mol. The molecule has 0 spiro atoms. The SMILES string of the molecule is O=C(O)C1CC2C(=O)NCCCC12. The van der Waals surface area contributed by atoms with Gasteiger partial charge in [0.25, 0.3) is 0 Å². The smallest absolute Gasteiger partial charge is 0.306 e. The van der Waals surface area contributed by atoms with E-state index in [9.17, 15) is 9.59 Å². The van der Waals surface area contributed by atoms with Crippen molar-refractivity contribution in [3.05, 3.63) is 0 Å². The normalized spacial score (nSPS) is 38.2. The number of fused-ring (bicyclic) bond motifs is 1. The Hall–Kier alpha value is -1.06. The quantitative estimate of drug-likeness (QED) is 0.611. The minimum atomic E-state index is -0.740. The van der Waals surface area contributed by atoms with E-state index in [1.54, 1.807) is 0 Å². The van der Waals surface area contributed by atoms with Crippen molar-refractivity contribution < 1.29 is 14.7 Å². The highest BCUT2D eigenvalue weighted by Crippen LogP contribution is 2.44. The molecule has 1 aliphatic carbocycles. The van der Waals surface area contributed by atoms with Gasteiger partial charge in [0.2, 0.25) is 5.91 Å². The van der Waals surface area contributed by atoms with E-state index >= 15 is 0 Å². The molecular formula is C9H13NO3. The van der Waals surface area contributed by atoms with Gasteiger partial charge >= 0.3 is 5.97 Å². The maximum Gasteiger partial charge on any atom is 0.306 e.